The monoisotopic (exact) mass is 247 g/mol. The maximum atomic E-state index is 11.1. The van der Waals surface area contributed by atoms with Crippen LogP contribution in [0.25, 0.3) is 0 Å². The van der Waals surface area contributed by atoms with Gasteiger partial charge in [-0.05, 0) is 35.0 Å². The Morgan fingerprint density at radius 3 is 2.40 bits per heavy atom. The van der Waals surface area contributed by atoms with Crippen LogP contribution in [0, 0.1) is 4.91 Å². The lowest BCUT2D eigenvalue weighted by atomic mass is 10.2. The van der Waals surface area contributed by atoms with E-state index in [1.807, 2.05) is 0 Å². The molecule has 0 saturated carbocycles. The highest BCUT2D eigenvalue weighted by Gasteiger charge is 2.14. The molecule has 80 valence electrons. The molecule has 15 heavy (non-hydrogen) atoms. The molecule has 5 nitrogen and oxygen atoms in total. The van der Waals surface area contributed by atoms with E-state index in [1.165, 1.54) is 6.07 Å². The minimum atomic E-state index is -3.43. The van der Waals surface area contributed by atoms with Gasteiger partial charge < -0.3 is 0 Å². The molecule has 0 aromatic heterocycles. The number of benzene rings is 1. The van der Waals surface area contributed by atoms with Gasteiger partial charge in [0, 0.05) is 6.26 Å². The molecular formula is C8H6ClNO4S. The molecule has 7 heteroatoms. The Morgan fingerprint density at radius 2 is 2.00 bits per heavy atom. The average Bonchev–Trinajstić information content (AvgIpc) is 2.15. The van der Waals surface area contributed by atoms with Crippen LogP contribution >= 0.6 is 11.6 Å². The lowest BCUT2D eigenvalue weighted by Gasteiger charge is -2.01. The number of nitrogens with zero attached hydrogens (tertiary/aromatic N) is 1. The lowest BCUT2D eigenvalue weighted by Crippen LogP contribution is -1.98. The zero-order valence-electron chi connectivity index (χ0n) is 7.60. The van der Waals surface area contributed by atoms with E-state index < -0.39 is 15.1 Å². The van der Waals surface area contributed by atoms with Crippen molar-refractivity contribution in [3.05, 3.63) is 28.7 Å². The first kappa shape index (κ1) is 11.8. The van der Waals surface area contributed by atoms with E-state index in [0.29, 0.717) is 0 Å². The summed E-state index contributed by atoms with van der Waals surface area (Å²) in [6.07, 6.45) is 0.985. The van der Waals surface area contributed by atoms with Crippen molar-refractivity contribution in [2.45, 2.75) is 4.90 Å². The van der Waals surface area contributed by atoms with E-state index in [2.05, 4.69) is 5.18 Å². The highest BCUT2D eigenvalue weighted by atomic mass is 35.5. The minimum absolute atomic E-state index is 0.0845. The number of hydrogen-bond donors (Lipinski definition) is 0. The number of hydrogen-bond acceptors (Lipinski definition) is 5. The lowest BCUT2D eigenvalue weighted by molar-refractivity contribution is 0.108. The van der Waals surface area contributed by atoms with Crippen molar-refractivity contribution in [3.8, 4) is 0 Å². The third-order valence-corrected chi connectivity index (χ3v) is 3.02. The van der Waals surface area contributed by atoms with Gasteiger partial charge in [-0.2, -0.15) is 0 Å². The number of carbonyl (C=O) groups is 1. The van der Waals surface area contributed by atoms with Crippen LogP contribution in [0.1, 0.15) is 10.4 Å². The van der Waals surface area contributed by atoms with Crippen molar-refractivity contribution in [1.82, 2.24) is 0 Å². The third kappa shape index (κ3) is 2.60. The fourth-order valence-electron chi connectivity index (χ4n) is 0.984. The average molecular weight is 248 g/mol. The zero-order valence-corrected chi connectivity index (χ0v) is 9.17. The van der Waals surface area contributed by atoms with E-state index in [0.717, 1.165) is 18.4 Å². The summed E-state index contributed by atoms with van der Waals surface area (Å²) in [5.41, 5.74) is -0.392. The van der Waals surface area contributed by atoms with Crippen molar-refractivity contribution in [1.29, 1.82) is 0 Å². The Bertz CT molecular complexity index is 523. The van der Waals surface area contributed by atoms with Crippen LogP contribution in [0.3, 0.4) is 0 Å². The second-order valence-corrected chi connectivity index (χ2v) is 5.18. The molecule has 0 fully saturated rings. The van der Waals surface area contributed by atoms with Crippen LogP contribution < -0.4 is 0 Å². The molecule has 0 spiro atoms. The summed E-state index contributed by atoms with van der Waals surface area (Å²) in [6, 6.07) is 3.36. The summed E-state index contributed by atoms with van der Waals surface area (Å²) in [6.45, 7) is 0. The summed E-state index contributed by atoms with van der Waals surface area (Å²) in [4.78, 5) is 21.1. The minimum Gasteiger partial charge on any atom is -0.276 e. The van der Waals surface area contributed by atoms with Crippen molar-refractivity contribution < 1.29 is 13.2 Å². The summed E-state index contributed by atoms with van der Waals surface area (Å²) in [5.74, 6) is 0. The fourth-order valence-corrected chi connectivity index (χ4v) is 1.78. The second-order valence-electron chi connectivity index (χ2n) is 2.82. The number of rotatable bonds is 3. The van der Waals surface area contributed by atoms with Crippen LogP contribution in [0.2, 0.25) is 0 Å². The summed E-state index contributed by atoms with van der Waals surface area (Å²) in [7, 11) is -3.43. The Balaban J connectivity index is 3.45. The van der Waals surface area contributed by atoms with Gasteiger partial charge in [-0.1, -0.05) is 0 Å². The van der Waals surface area contributed by atoms with Crippen LogP contribution in [0.5, 0.6) is 0 Å². The summed E-state index contributed by atoms with van der Waals surface area (Å²) >= 11 is 5.17. The van der Waals surface area contributed by atoms with E-state index in [9.17, 15) is 18.1 Å². The molecule has 0 amide bonds. The number of carbonyl (C=O) groups excluding carboxylic acids is 1. The van der Waals surface area contributed by atoms with E-state index >= 15 is 0 Å². The standard InChI is InChI=1S/C8H6ClNO4S/c1-15(13,14)5-2-3-6(8(9)11)7(4-5)10-12/h2-4H,1H3. The molecule has 0 aliphatic carbocycles. The Kier molecular flexibility index (Phi) is 3.21. The Labute approximate surface area is 90.9 Å². The zero-order chi connectivity index (χ0) is 11.6. The number of sulfone groups is 1. The van der Waals surface area contributed by atoms with Gasteiger partial charge in [0.2, 0.25) is 0 Å². The quantitative estimate of drug-likeness (QED) is 0.603. The molecule has 0 aliphatic rings. The predicted octanol–water partition coefficient (Wildman–Crippen LogP) is 1.87. The molecule has 0 saturated heterocycles. The van der Waals surface area contributed by atoms with Crippen LogP contribution in [-0.2, 0) is 9.84 Å². The largest absolute Gasteiger partial charge is 0.276 e. The van der Waals surface area contributed by atoms with Gasteiger partial charge in [0.25, 0.3) is 5.24 Å². The normalized spacial score (nSPS) is 11.1. The number of nitroso groups, excluding NO2 is 1. The molecule has 0 aliphatic heterocycles. The second kappa shape index (κ2) is 4.08. The first-order chi connectivity index (χ1) is 6.86. The molecule has 0 radical (unpaired) electrons. The fraction of sp³-hybridized carbons (Fsp3) is 0.125. The molecule has 1 aromatic rings. The van der Waals surface area contributed by atoms with Crippen LogP contribution in [-0.4, -0.2) is 19.9 Å². The predicted molar refractivity (Wildman–Crippen MR) is 55.2 cm³/mol. The van der Waals surface area contributed by atoms with Gasteiger partial charge >= 0.3 is 0 Å². The van der Waals surface area contributed by atoms with Gasteiger partial charge in [0.15, 0.2) is 9.84 Å². The van der Waals surface area contributed by atoms with Crippen molar-refractivity contribution in [2.75, 3.05) is 6.26 Å². The van der Waals surface area contributed by atoms with E-state index in [-0.39, 0.29) is 16.1 Å². The molecular weight excluding hydrogens is 242 g/mol. The smallest absolute Gasteiger partial charge is 0.254 e. The van der Waals surface area contributed by atoms with Crippen LogP contribution in [0.4, 0.5) is 5.69 Å². The molecule has 0 bridgehead atoms. The molecule has 0 atom stereocenters. The highest BCUT2D eigenvalue weighted by molar-refractivity contribution is 7.90. The number of halogens is 1. The SMILES string of the molecule is CS(=O)(=O)c1ccc(C(=O)Cl)c(N=O)c1. The highest BCUT2D eigenvalue weighted by Crippen LogP contribution is 2.24. The molecule has 1 rings (SSSR count). The maximum absolute atomic E-state index is 11.1. The Morgan fingerprint density at radius 1 is 1.40 bits per heavy atom. The summed E-state index contributed by atoms with van der Waals surface area (Å²) < 4.78 is 22.2. The van der Waals surface area contributed by atoms with E-state index in [4.69, 9.17) is 11.6 Å². The van der Waals surface area contributed by atoms with Gasteiger partial charge in [0.1, 0.15) is 5.69 Å². The first-order valence-corrected chi connectivity index (χ1v) is 6.00. The maximum Gasteiger partial charge on any atom is 0.254 e. The van der Waals surface area contributed by atoms with Crippen LogP contribution in [0.15, 0.2) is 28.3 Å². The van der Waals surface area contributed by atoms with Gasteiger partial charge in [0.05, 0.1) is 10.5 Å². The van der Waals surface area contributed by atoms with Crippen molar-refractivity contribution >= 4 is 32.4 Å². The van der Waals surface area contributed by atoms with Gasteiger partial charge in [-0.15, -0.1) is 4.91 Å². The third-order valence-electron chi connectivity index (χ3n) is 1.71. The summed E-state index contributed by atoms with van der Waals surface area (Å²) in [5, 5.41) is 1.69. The Hall–Kier alpha value is -1.27. The molecule has 1 aromatic carbocycles. The molecule has 0 unspecified atom stereocenters. The van der Waals surface area contributed by atoms with E-state index in [1.54, 1.807) is 0 Å². The van der Waals surface area contributed by atoms with Gasteiger partial charge in [-0.25, -0.2) is 8.42 Å². The van der Waals surface area contributed by atoms with Gasteiger partial charge in [-0.3, -0.25) is 4.79 Å². The topological polar surface area (TPSA) is 80.6 Å². The first-order valence-electron chi connectivity index (χ1n) is 3.73. The molecule has 0 heterocycles. The van der Waals surface area contributed by atoms with Crippen molar-refractivity contribution in [3.63, 3.8) is 0 Å². The molecule has 0 N–H and O–H groups in total. The van der Waals surface area contributed by atoms with Crippen molar-refractivity contribution in [2.24, 2.45) is 5.18 Å².